The molecule has 4 N–H and O–H groups in total. The third-order valence-corrected chi connectivity index (χ3v) is 2.58. The van der Waals surface area contributed by atoms with Crippen molar-refractivity contribution in [3.8, 4) is 0 Å². The summed E-state index contributed by atoms with van der Waals surface area (Å²) in [5, 5.41) is 4.49. The number of amides is 3. The number of rotatable bonds is 5. The van der Waals surface area contributed by atoms with Crippen LogP contribution in [0.2, 0.25) is 0 Å². The molecule has 0 fully saturated rings. The number of hydrogen-bond donors (Lipinski definition) is 3. The molecule has 9 heteroatoms. The van der Waals surface area contributed by atoms with Crippen molar-refractivity contribution >= 4 is 29.6 Å². The Morgan fingerprint density at radius 1 is 1.00 bits per heavy atom. The lowest BCUT2D eigenvalue weighted by atomic mass is 10.2. The number of benzene rings is 1. The smallest absolute Gasteiger partial charge is 0.340 e. The van der Waals surface area contributed by atoms with E-state index in [0.29, 0.717) is 5.69 Å². The average molecular weight is 309 g/mol. The van der Waals surface area contributed by atoms with E-state index in [1.165, 1.54) is 24.3 Å². The van der Waals surface area contributed by atoms with Gasteiger partial charge in [-0.1, -0.05) is 0 Å². The molecule has 0 spiro atoms. The number of nitrogens with one attached hydrogen (secondary N) is 2. The summed E-state index contributed by atoms with van der Waals surface area (Å²) >= 11 is 0. The van der Waals surface area contributed by atoms with Crippen LogP contribution in [-0.2, 0) is 19.1 Å². The molecular formula is C13H15N3O6. The molecule has 0 atom stereocenters. The van der Waals surface area contributed by atoms with E-state index in [1.54, 1.807) is 0 Å². The second-order valence-electron chi connectivity index (χ2n) is 4.02. The summed E-state index contributed by atoms with van der Waals surface area (Å²) in [5.74, 6) is -2.54. The minimum Gasteiger partial charge on any atom is -0.467 e. The Labute approximate surface area is 125 Å². The number of methoxy groups -OCH3 is 2. The van der Waals surface area contributed by atoms with Crippen LogP contribution in [0.25, 0.3) is 0 Å². The summed E-state index contributed by atoms with van der Waals surface area (Å²) in [4.78, 5) is 45.5. The van der Waals surface area contributed by atoms with E-state index < -0.39 is 29.9 Å². The Morgan fingerprint density at radius 2 is 1.50 bits per heavy atom. The molecule has 1 rings (SSSR count). The SMILES string of the molecule is COC(=O)C(NC(=O)Nc1ccc(C(N)=O)cc1)C(=O)OC. The molecule has 0 heterocycles. The minimum atomic E-state index is -1.58. The van der Waals surface area contributed by atoms with Gasteiger partial charge in [-0.15, -0.1) is 0 Å². The highest BCUT2D eigenvalue weighted by atomic mass is 16.5. The van der Waals surface area contributed by atoms with Crippen LogP contribution >= 0.6 is 0 Å². The van der Waals surface area contributed by atoms with Crippen LogP contribution in [0.5, 0.6) is 0 Å². The maximum Gasteiger partial charge on any atom is 0.340 e. The molecule has 0 aliphatic heterocycles. The molecule has 0 aliphatic rings. The van der Waals surface area contributed by atoms with Crippen LogP contribution in [0.4, 0.5) is 10.5 Å². The Hall–Kier alpha value is -3.10. The predicted octanol–water partition coefficient (Wildman–Crippen LogP) is -0.378. The number of hydrogen-bond acceptors (Lipinski definition) is 6. The summed E-state index contributed by atoms with van der Waals surface area (Å²) in [6.07, 6.45) is 0. The van der Waals surface area contributed by atoms with E-state index in [9.17, 15) is 19.2 Å². The van der Waals surface area contributed by atoms with Crippen LogP contribution in [0.3, 0.4) is 0 Å². The summed E-state index contributed by atoms with van der Waals surface area (Å²) in [7, 11) is 2.14. The molecule has 9 nitrogen and oxygen atoms in total. The Kier molecular flexibility index (Phi) is 5.87. The van der Waals surface area contributed by atoms with Crippen molar-refractivity contribution in [2.75, 3.05) is 19.5 Å². The van der Waals surface area contributed by atoms with Crippen LogP contribution in [0, 0.1) is 0 Å². The predicted molar refractivity (Wildman–Crippen MR) is 74.9 cm³/mol. The van der Waals surface area contributed by atoms with Gasteiger partial charge in [-0.05, 0) is 24.3 Å². The highest BCUT2D eigenvalue weighted by Gasteiger charge is 2.30. The minimum absolute atomic E-state index is 0.271. The molecule has 3 amide bonds. The van der Waals surface area contributed by atoms with Crippen molar-refractivity contribution in [2.45, 2.75) is 6.04 Å². The largest absolute Gasteiger partial charge is 0.467 e. The molecule has 1 aromatic carbocycles. The van der Waals surface area contributed by atoms with Gasteiger partial charge >= 0.3 is 18.0 Å². The highest BCUT2D eigenvalue weighted by Crippen LogP contribution is 2.09. The van der Waals surface area contributed by atoms with Crippen LogP contribution < -0.4 is 16.4 Å². The van der Waals surface area contributed by atoms with Gasteiger partial charge in [0.2, 0.25) is 11.9 Å². The van der Waals surface area contributed by atoms with Gasteiger partial charge in [-0.3, -0.25) is 4.79 Å². The van der Waals surface area contributed by atoms with Crippen molar-refractivity contribution in [1.82, 2.24) is 5.32 Å². The molecule has 0 bridgehead atoms. The first-order valence-electron chi connectivity index (χ1n) is 6.02. The zero-order valence-corrected chi connectivity index (χ0v) is 11.9. The number of urea groups is 1. The van der Waals surface area contributed by atoms with E-state index in [2.05, 4.69) is 20.1 Å². The first-order chi connectivity index (χ1) is 10.4. The molecule has 0 saturated heterocycles. The molecule has 118 valence electrons. The molecule has 0 radical (unpaired) electrons. The number of primary amides is 1. The lowest BCUT2D eigenvalue weighted by molar-refractivity contribution is -0.154. The Bertz CT molecular complexity index is 568. The standard InChI is InChI=1S/C13H15N3O6/c1-21-11(18)9(12(19)22-2)16-13(20)15-8-5-3-7(4-6-8)10(14)17/h3-6,9H,1-2H3,(H2,14,17)(H2,15,16,20). The lowest BCUT2D eigenvalue weighted by Gasteiger charge is -2.14. The van der Waals surface area contributed by atoms with Gasteiger partial charge in [0.1, 0.15) is 0 Å². The molecule has 0 aliphatic carbocycles. The summed E-state index contributed by atoms with van der Waals surface area (Å²) in [5.41, 5.74) is 5.69. The average Bonchev–Trinajstić information content (AvgIpc) is 2.51. The summed E-state index contributed by atoms with van der Waals surface area (Å²) in [6.45, 7) is 0. The normalized spacial score (nSPS) is 9.77. The zero-order chi connectivity index (χ0) is 16.7. The second-order valence-corrected chi connectivity index (χ2v) is 4.02. The first-order valence-corrected chi connectivity index (χ1v) is 6.02. The second kappa shape index (κ2) is 7.62. The van der Waals surface area contributed by atoms with E-state index in [-0.39, 0.29) is 5.56 Å². The van der Waals surface area contributed by atoms with E-state index >= 15 is 0 Å². The maximum absolute atomic E-state index is 11.8. The molecule has 1 aromatic rings. The van der Waals surface area contributed by atoms with Crippen LogP contribution in [-0.4, -0.2) is 44.1 Å². The quantitative estimate of drug-likeness (QED) is 0.501. The number of esters is 2. The van der Waals surface area contributed by atoms with Crippen molar-refractivity contribution in [2.24, 2.45) is 5.73 Å². The van der Waals surface area contributed by atoms with Gasteiger partial charge in [0.05, 0.1) is 14.2 Å². The first kappa shape index (κ1) is 17.0. The number of nitrogens with two attached hydrogens (primary N) is 1. The van der Waals surface area contributed by atoms with Gasteiger partial charge in [-0.25, -0.2) is 14.4 Å². The van der Waals surface area contributed by atoms with Gasteiger partial charge in [0, 0.05) is 11.3 Å². The number of carbonyl (C=O) groups excluding carboxylic acids is 4. The van der Waals surface area contributed by atoms with E-state index in [4.69, 9.17) is 5.73 Å². The van der Waals surface area contributed by atoms with Crippen molar-refractivity contribution in [1.29, 1.82) is 0 Å². The van der Waals surface area contributed by atoms with Gasteiger partial charge in [-0.2, -0.15) is 0 Å². The Balaban J connectivity index is 2.72. The van der Waals surface area contributed by atoms with Gasteiger partial charge in [0.25, 0.3) is 0 Å². The summed E-state index contributed by atoms with van der Waals surface area (Å²) < 4.78 is 8.79. The number of carbonyl (C=O) groups is 4. The monoisotopic (exact) mass is 309 g/mol. The fourth-order valence-corrected chi connectivity index (χ4v) is 1.47. The fourth-order valence-electron chi connectivity index (χ4n) is 1.47. The summed E-state index contributed by atoms with van der Waals surface area (Å²) in [6, 6.07) is 3.29. The van der Waals surface area contributed by atoms with Gasteiger partial charge < -0.3 is 25.8 Å². The number of ether oxygens (including phenoxy) is 2. The van der Waals surface area contributed by atoms with Crippen molar-refractivity contribution < 1.29 is 28.7 Å². The Morgan fingerprint density at radius 3 is 1.91 bits per heavy atom. The van der Waals surface area contributed by atoms with Crippen LogP contribution in [0.15, 0.2) is 24.3 Å². The highest BCUT2D eigenvalue weighted by molar-refractivity contribution is 6.04. The van der Waals surface area contributed by atoms with E-state index in [0.717, 1.165) is 14.2 Å². The molecule has 0 saturated carbocycles. The fraction of sp³-hybridized carbons (Fsp3) is 0.231. The number of anilines is 1. The molecule has 22 heavy (non-hydrogen) atoms. The third-order valence-electron chi connectivity index (χ3n) is 2.58. The lowest BCUT2D eigenvalue weighted by Crippen LogP contribution is -2.49. The van der Waals surface area contributed by atoms with Crippen molar-refractivity contribution in [3.05, 3.63) is 29.8 Å². The third kappa shape index (κ3) is 4.47. The topological polar surface area (TPSA) is 137 Å². The molecular weight excluding hydrogens is 294 g/mol. The molecule has 0 aromatic heterocycles. The van der Waals surface area contributed by atoms with Crippen LogP contribution in [0.1, 0.15) is 10.4 Å². The zero-order valence-electron chi connectivity index (χ0n) is 11.9. The maximum atomic E-state index is 11.8. The van der Waals surface area contributed by atoms with Gasteiger partial charge in [0.15, 0.2) is 0 Å². The van der Waals surface area contributed by atoms with Crippen molar-refractivity contribution in [3.63, 3.8) is 0 Å². The molecule has 0 unspecified atom stereocenters. The van der Waals surface area contributed by atoms with E-state index in [1.807, 2.05) is 0 Å².